The van der Waals surface area contributed by atoms with Gasteiger partial charge in [0, 0.05) is 19.6 Å². The van der Waals surface area contributed by atoms with Crippen LogP contribution in [0.25, 0.3) is 0 Å². The van der Waals surface area contributed by atoms with Crippen LogP contribution in [0, 0.1) is 5.92 Å². The van der Waals surface area contributed by atoms with Crippen molar-refractivity contribution in [2.45, 2.75) is 64.3 Å². The number of hydrogen-bond acceptors (Lipinski definition) is 6. The number of rotatable bonds is 9. The van der Waals surface area contributed by atoms with E-state index in [4.69, 9.17) is 14.0 Å². The van der Waals surface area contributed by atoms with E-state index in [2.05, 4.69) is 15.5 Å². The average molecular weight is 443 g/mol. The molecule has 1 aliphatic carbocycles. The molecule has 1 unspecified atom stereocenters. The van der Waals surface area contributed by atoms with Crippen LogP contribution >= 0.6 is 0 Å². The number of aromatic nitrogens is 2. The van der Waals surface area contributed by atoms with Crippen LogP contribution in [0.15, 0.2) is 28.8 Å². The average Bonchev–Trinajstić information content (AvgIpc) is 3.50. The van der Waals surface area contributed by atoms with Gasteiger partial charge in [-0.25, -0.2) is 4.79 Å². The Morgan fingerprint density at radius 3 is 2.84 bits per heavy atom. The highest BCUT2D eigenvalue weighted by atomic mass is 16.5. The van der Waals surface area contributed by atoms with Gasteiger partial charge in [-0.05, 0) is 57.1 Å². The Kier molecular flexibility index (Phi) is 7.98. The van der Waals surface area contributed by atoms with Crippen molar-refractivity contribution >= 4 is 11.7 Å². The van der Waals surface area contributed by atoms with E-state index in [1.165, 1.54) is 25.7 Å². The summed E-state index contributed by atoms with van der Waals surface area (Å²) in [6, 6.07) is 7.07. The Hall–Kier alpha value is -2.61. The third-order valence-corrected chi connectivity index (χ3v) is 6.26. The number of urea groups is 1. The molecular weight excluding hydrogens is 408 g/mol. The highest BCUT2D eigenvalue weighted by Gasteiger charge is 2.32. The van der Waals surface area contributed by atoms with Crippen LogP contribution in [-0.4, -0.2) is 47.4 Å². The predicted octanol–water partition coefficient (Wildman–Crippen LogP) is 4.98. The van der Waals surface area contributed by atoms with Gasteiger partial charge >= 0.3 is 6.03 Å². The summed E-state index contributed by atoms with van der Waals surface area (Å²) in [4.78, 5) is 19.5. The van der Waals surface area contributed by atoms with Crippen molar-refractivity contribution in [2.75, 3.05) is 31.7 Å². The smallest absolute Gasteiger partial charge is 0.322 e. The number of para-hydroxylation sites is 2. The Labute approximate surface area is 189 Å². The molecule has 8 heteroatoms. The summed E-state index contributed by atoms with van der Waals surface area (Å²) in [7, 11) is 0. The second-order valence-electron chi connectivity index (χ2n) is 8.59. The molecule has 1 atom stereocenters. The number of hydrogen-bond donors (Lipinski definition) is 1. The zero-order valence-electron chi connectivity index (χ0n) is 18.9. The van der Waals surface area contributed by atoms with E-state index in [0.29, 0.717) is 55.2 Å². The molecule has 2 fully saturated rings. The lowest BCUT2D eigenvalue weighted by atomic mass is 10.0. The van der Waals surface area contributed by atoms with Gasteiger partial charge in [0.15, 0.2) is 5.82 Å². The van der Waals surface area contributed by atoms with Crippen molar-refractivity contribution in [1.82, 2.24) is 15.0 Å². The highest BCUT2D eigenvalue weighted by molar-refractivity contribution is 5.91. The van der Waals surface area contributed by atoms with Gasteiger partial charge in [0.05, 0.1) is 18.9 Å². The molecule has 4 rings (SSSR count). The first-order valence-electron chi connectivity index (χ1n) is 11.9. The van der Waals surface area contributed by atoms with Crippen molar-refractivity contribution < 1.29 is 18.8 Å². The third kappa shape index (κ3) is 5.79. The normalized spacial score (nSPS) is 19.3. The minimum absolute atomic E-state index is 0.179. The summed E-state index contributed by atoms with van der Waals surface area (Å²) in [6.07, 6.45) is 8.61. The monoisotopic (exact) mass is 442 g/mol. The van der Waals surface area contributed by atoms with Crippen LogP contribution in [0.3, 0.4) is 0 Å². The SMILES string of the molecule is CCOc1ccccc1NC(=O)N1CCCCC1c1nc(CCOCC2CCCC2)no1. The molecule has 0 radical (unpaired) electrons. The summed E-state index contributed by atoms with van der Waals surface area (Å²) in [5.74, 6) is 2.51. The second kappa shape index (κ2) is 11.3. The fourth-order valence-electron chi connectivity index (χ4n) is 4.56. The first-order chi connectivity index (χ1) is 15.7. The summed E-state index contributed by atoms with van der Waals surface area (Å²) >= 11 is 0. The molecular formula is C24H34N4O4. The van der Waals surface area contributed by atoms with E-state index in [1.807, 2.05) is 31.2 Å². The number of nitrogens with zero attached hydrogens (tertiary/aromatic N) is 3. The van der Waals surface area contributed by atoms with Gasteiger partial charge < -0.3 is 24.2 Å². The van der Waals surface area contributed by atoms with Gasteiger partial charge in [0.25, 0.3) is 0 Å². The maximum atomic E-state index is 13.1. The van der Waals surface area contributed by atoms with Crippen LogP contribution in [0.4, 0.5) is 10.5 Å². The molecule has 1 saturated heterocycles. The van der Waals surface area contributed by atoms with Crippen molar-refractivity contribution in [3.8, 4) is 5.75 Å². The van der Waals surface area contributed by atoms with Crippen molar-refractivity contribution in [3.05, 3.63) is 36.0 Å². The topological polar surface area (TPSA) is 89.7 Å². The number of carbonyl (C=O) groups excluding carboxylic acids is 1. The number of anilines is 1. The van der Waals surface area contributed by atoms with Crippen molar-refractivity contribution in [2.24, 2.45) is 5.92 Å². The number of benzene rings is 1. The van der Waals surface area contributed by atoms with Gasteiger partial charge in [0.2, 0.25) is 5.89 Å². The third-order valence-electron chi connectivity index (χ3n) is 6.26. The van der Waals surface area contributed by atoms with E-state index in [0.717, 1.165) is 25.9 Å². The first kappa shape index (κ1) is 22.6. The molecule has 32 heavy (non-hydrogen) atoms. The Balaban J connectivity index is 1.34. The maximum absolute atomic E-state index is 13.1. The molecule has 1 aromatic carbocycles. The Morgan fingerprint density at radius 1 is 1.19 bits per heavy atom. The van der Waals surface area contributed by atoms with E-state index in [1.54, 1.807) is 4.90 Å². The summed E-state index contributed by atoms with van der Waals surface area (Å²) < 4.78 is 17.0. The molecule has 1 aromatic heterocycles. The molecule has 2 heterocycles. The molecule has 2 aliphatic rings. The molecule has 8 nitrogen and oxygen atoms in total. The van der Waals surface area contributed by atoms with Crippen LogP contribution in [0.5, 0.6) is 5.75 Å². The van der Waals surface area contributed by atoms with Crippen LogP contribution in [0.2, 0.25) is 0 Å². The fourth-order valence-corrected chi connectivity index (χ4v) is 4.56. The quantitative estimate of drug-likeness (QED) is 0.551. The van der Waals surface area contributed by atoms with Crippen LogP contribution < -0.4 is 10.1 Å². The highest BCUT2D eigenvalue weighted by Crippen LogP contribution is 2.32. The lowest BCUT2D eigenvalue weighted by Gasteiger charge is -2.33. The first-order valence-corrected chi connectivity index (χ1v) is 11.9. The molecule has 1 saturated carbocycles. The van der Waals surface area contributed by atoms with E-state index < -0.39 is 0 Å². The number of piperidine rings is 1. The summed E-state index contributed by atoms with van der Waals surface area (Å²) in [6.45, 7) is 4.53. The summed E-state index contributed by atoms with van der Waals surface area (Å²) in [5.41, 5.74) is 0.661. The standard InChI is InChI=1S/C24H34N4O4/c1-2-31-21-13-6-5-11-19(21)25-24(29)28-15-8-7-12-20(28)23-26-22(27-32-23)14-16-30-17-18-9-3-4-10-18/h5-6,11,13,18,20H,2-4,7-10,12,14-17H2,1H3,(H,25,29). The van der Waals surface area contributed by atoms with Gasteiger partial charge in [-0.1, -0.05) is 30.1 Å². The summed E-state index contributed by atoms with van der Waals surface area (Å²) in [5, 5.41) is 7.12. The molecule has 1 aliphatic heterocycles. The molecule has 1 N–H and O–H groups in total. The molecule has 2 amide bonds. The minimum Gasteiger partial charge on any atom is -0.492 e. The lowest BCUT2D eigenvalue weighted by molar-refractivity contribution is 0.102. The number of nitrogens with one attached hydrogen (secondary N) is 1. The fraction of sp³-hybridized carbons (Fsp3) is 0.625. The molecule has 2 aromatic rings. The molecule has 0 bridgehead atoms. The van der Waals surface area contributed by atoms with Crippen LogP contribution in [-0.2, 0) is 11.2 Å². The van der Waals surface area contributed by atoms with Crippen molar-refractivity contribution in [3.63, 3.8) is 0 Å². The van der Waals surface area contributed by atoms with Gasteiger partial charge in [-0.15, -0.1) is 0 Å². The molecule has 174 valence electrons. The second-order valence-corrected chi connectivity index (χ2v) is 8.59. The molecule has 0 spiro atoms. The van der Waals surface area contributed by atoms with E-state index in [9.17, 15) is 4.79 Å². The number of likely N-dealkylation sites (tertiary alicyclic amines) is 1. The van der Waals surface area contributed by atoms with Gasteiger partial charge in [0.1, 0.15) is 11.8 Å². The van der Waals surface area contributed by atoms with E-state index in [-0.39, 0.29) is 12.1 Å². The number of amides is 2. The van der Waals surface area contributed by atoms with E-state index >= 15 is 0 Å². The zero-order chi connectivity index (χ0) is 22.2. The minimum atomic E-state index is -0.219. The van der Waals surface area contributed by atoms with Crippen molar-refractivity contribution in [1.29, 1.82) is 0 Å². The maximum Gasteiger partial charge on any atom is 0.322 e. The van der Waals surface area contributed by atoms with Gasteiger partial charge in [-0.3, -0.25) is 0 Å². The Bertz CT molecular complexity index is 865. The zero-order valence-corrected chi connectivity index (χ0v) is 18.9. The van der Waals surface area contributed by atoms with Crippen LogP contribution in [0.1, 0.15) is 69.6 Å². The van der Waals surface area contributed by atoms with Gasteiger partial charge in [-0.2, -0.15) is 4.98 Å². The lowest BCUT2D eigenvalue weighted by Crippen LogP contribution is -2.41. The predicted molar refractivity (Wildman–Crippen MR) is 121 cm³/mol. The number of ether oxygens (including phenoxy) is 2. The largest absolute Gasteiger partial charge is 0.492 e. The Morgan fingerprint density at radius 2 is 2.00 bits per heavy atom. The number of carbonyl (C=O) groups is 1.